The topological polar surface area (TPSA) is 81.0 Å². The predicted molar refractivity (Wildman–Crippen MR) is 99.9 cm³/mol. The van der Waals surface area contributed by atoms with Crippen molar-refractivity contribution in [3.8, 4) is 0 Å². The number of nitrogens with one attached hydrogen (secondary N) is 3. The summed E-state index contributed by atoms with van der Waals surface area (Å²) in [6, 6.07) is 9.05. The molecule has 0 saturated heterocycles. The summed E-state index contributed by atoms with van der Waals surface area (Å²) in [6.45, 7) is 1.92. The van der Waals surface area contributed by atoms with Gasteiger partial charge in [-0.2, -0.15) is 0 Å². The van der Waals surface area contributed by atoms with Gasteiger partial charge < -0.3 is 15.3 Å². The highest BCUT2D eigenvalue weighted by Crippen LogP contribution is 2.21. The number of aromatic amines is 2. The largest absolute Gasteiger partial charge is 0.325 e. The third kappa shape index (κ3) is 3.79. The Bertz CT molecular complexity index is 994. The second-order valence-corrected chi connectivity index (χ2v) is 6.53. The molecule has 0 bridgehead atoms. The van der Waals surface area contributed by atoms with Crippen LogP contribution in [0.15, 0.2) is 41.2 Å². The molecule has 0 aliphatic rings. The number of rotatable bonds is 5. The number of likely N-dealkylation sites (N-methyl/N-ethyl adjacent to an activating group) is 1. The Hall–Kier alpha value is -2.64. The SMILES string of the molecule is C[C@@H](C(=O)Nc1ccc2[nH]c(=O)[nH]c2c1)N(C)Cc1c(F)cccc1Cl. The smallest absolute Gasteiger partial charge is 0.323 e. The van der Waals surface area contributed by atoms with Crippen molar-refractivity contribution >= 4 is 34.2 Å². The molecule has 0 saturated carbocycles. The molecule has 2 aromatic carbocycles. The minimum absolute atomic E-state index is 0.199. The van der Waals surface area contributed by atoms with E-state index < -0.39 is 11.9 Å². The molecule has 1 atom stereocenters. The quantitative estimate of drug-likeness (QED) is 0.640. The van der Waals surface area contributed by atoms with Crippen molar-refractivity contribution in [2.75, 3.05) is 12.4 Å². The van der Waals surface area contributed by atoms with E-state index in [1.807, 2.05) is 0 Å². The Morgan fingerprint density at radius 3 is 2.73 bits per heavy atom. The van der Waals surface area contributed by atoms with Crippen molar-refractivity contribution < 1.29 is 9.18 Å². The molecule has 6 nitrogen and oxygen atoms in total. The fraction of sp³-hybridized carbons (Fsp3) is 0.222. The number of nitrogens with zero attached hydrogens (tertiary/aromatic N) is 1. The van der Waals surface area contributed by atoms with Crippen LogP contribution in [0, 0.1) is 5.82 Å². The highest BCUT2D eigenvalue weighted by Gasteiger charge is 2.20. The lowest BCUT2D eigenvalue weighted by Crippen LogP contribution is -2.39. The van der Waals surface area contributed by atoms with Gasteiger partial charge in [-0.1, -0.05) is 17.7 Å². The maximum atomic E-state index is 13.9. The van der Waals surface area contributed by atoms with Gasteiger partial charge in [0, 0.05) is 22.8 Å². The highest BCUT2D eigenvalue weighted by molar-refractivity contribution is 6.31. The fourth-order valence-electron chi connectivity index (χ4n) is 2.63. The van der Waals surface area contributed by atoms with Gasteiger partial charge in [0.1, 0.15) is 5.82 Å². The molecule has 1 amide bonds. The summed E-state index contributed by atoms with van der Waals surface area (Å²) in [5.41, 5.74) is 1.86. The number of carbonyl (C=O) groups is 1. The van der Waals surface area contributed by atoms with Crippen LogP contribution in [0.5, 0.6) is 0 Å². The first kappa shape index (κ1) is 18.2. The third-order valence-electron chi connectivity index (χ3n) is 4.29. The lowest BCUT2D eigenvalue weighted by Gasteiger charge is -2.24. The first-order chi connectivity index (χ1) is 12.3. The number of hydrogen-bond acceptors (Lipinski definition) is 3. The summed E-state index contributed by atoms with van der Waals surface area (Å²) in [5.74, 6) is -0.656. The van der Waals surface area contributed by atoms with Crippen molar-refractivity contribution in [3.63, 3.8) is 0 Å². The molecule has 0 aliphatic carbocycles. The Kier molecular flexibility index (Phi) is 5.11. The predicted octanol–water partition coefficient (Wildman–Crippen LogP) is 3.11. The number of carbonyl (C=O) groups excluding carboxylic acids is 1. The molecule has 136 valence electrons. The van der Waals surface area contributed by atoms with E-state index in [9.17, 15) is 14.0 Å². The molecule has 0 spiro atoms. The van der Waals surface area contributed by atoms with Gasteiger partial charge in [-0.3, -0.25) is 9.69 Å². The molecule has 26 heavy (non-hydrogen) atoms. The molecule has 0 radical (unpaired) electrons. The Morgan fingerprint density at radius 1 is 1.27 bits per heavy atom. The average Bonchev–Trinajstić information content (AvgIpc) is 2.96. The number of benzene rings is 2. The molecule has 1 aromatic heterocycles. The number of fused-ring (bicyclic) bond motifs is 1. The lowest BCUT2D eigenvalue weighted by atomic mass is 10.1. The minimum Gasteiger partial charge on any atom is -0.325 e. The molecule has 3 rings (SSSR count). The van der Waals surface area contributed by atoms with Gasteiger partial charge in [0.05, 0.1) is 17.1 Å². The highest BCUT2D eigenvalue weighted by atomic mass is 35.5. The Morgan fingerprint density at radius 2 is 2.00 bits per heavy atom. The van der Waals surface area contributed by atoms with Crippen molar-refractivity contribution in [1.29, 1.82) is 0 Å². The number of H-pyrrole nitrogens is 2. The van der Waals surface area contributed by atoms with Gasteiger partial charge in [0.2, 0.25) is 5.91 Å². The zero-order valence-corrected chi connectivity index (χ0v) is 15.0. The van der Waals surface area contributed by atoms with Crippen LogP contribution in [-0.4, -0.2) is 33.9 Å². The second kappa shape index (κ2) is 7.31. The van der Waals surface area contributed by atoms with Crippen molar-refractivity contribution in [2.45, 2.75) is 19.5 Å². The third-order valence-corrected chi connectivity index (χ3v) is 4.65. The number of aromatic nitrogens is 2. The molecule has 0 unspecified atom stereocenters. The number of halogens is 2. The summed E-state index contributed by atoms with van der Waals surface area (Å²) in [4.78, 5) is 30.8. The van der Waals surface area contributed by atoms with E-state index >= 15 is 0 Å². The van der Waals surface area contributed by atoms with E-state index in [0.29, 0.717) is 27.3 Å². The monoisotopic (exact) mass is 376 g/mol. The number of anilines is 1. The van der Waals surface area contributed by atoms with Gasteiger partial charge in [0.25, 0.3) is 0 Å². The number of imidazole rings is 1. The molecule has 0 fully saturated rings. The molecule has 1 heterocycles. The Balaban J connectivity index is 1.70. The van der Waals surface area contributed by atoms with Crippen LogP contribution in [0.3, 0.4) is 0 Å². The van der Waals surface area contributed by atoms with Crippen LogP contribution in [0.1, 0.15) is 12.5 Å². The average molecular weight is 377 g/mol. The van der Waals surface area contributed by atoms with Crippen molar-refractivity contribution in [3.05, 3.63) is 63.3 Å². The van der Waals surface area contributed by atoms with Crippen LogP contribution in [-0.2, 0) is 11.3 Å². The minimum atomic E-state index is -0.522. The van der Waals surface area contributed by atoms with Gasteiger partial charge >= 0.3 is 5.69 Å². The summed E-state index contributed by atoms with van der Waals surface area (Å²) >= 11 is 6.05. The van der Waals surface area contributed by atoms with Crippen molar-refractivity contribution in [1.82, 2.24) is 14.9 Å². The normalized spacial score (nSPS) is 12.5. The van der Waals surface area contributed by atoms with E-state index in [4.69, 9.17) is 11.6 Å². The fourth-order valence-corrected chi connectivity index (χ4v) is 2.85. The van der Waals surface area contributed by atoms with E-state index in [0.717, 1.165) is 0 Å². The Labute approximate surface area is 154 Å². The standard InChI is InChI=1S/C18H18ClFN4O2/c1-10(24(2)9-12-13(19)4-3-5-14(12)20)17(25)21-11-6-7-15-16(8-11)23-18(26)22-15/h3-8,10H,9H2,1-2H3,(H,21,25)(H2,22,23,26)/t10-/m0/s1. The summed E-state index contributed by atoms with van der Waals surface area (Å²) in [6.07, 6.45) is 0. The van der Waals surface area contributed by atoms with Crippen LogP contribution in [0.2, 0.25) is 5.02 Å². The molecular weight excluding hydrogens is 359 g/mol. The molecule has 3 N–H and O–H groups in total. The lowest BCUT2D eigenvalue weighted by molar-refractivity contribution is -0.120. The van der Waals surface area contributed by atoms with Crippen molar-refractivity contribution in [2.24, 2.45) is 0 Å². The summed E-state index contributed by atoms with van der Waals surface area (Å²) in [5, 5.41) is 3.12. The zero-order chi connectivity index (χ0) is 18.8. The first-order valence-corrected chi connectivity index (χ1v) is 8.39. The molecule has 0 aliphatic heterocycles. The van der Waals surface area contributed by atoms with E-state index in [1.54, 1.807) is 49.2 Å². The maximum Gasteiger partial charge on any atom is 0.323 e. The number of amides is 1. The zero-order valence-electron chi connectivity index (χ0n) is 14.3. The summed E-state index contributed by atoms with van der Waals surface area (Å²) < 4.78 is 13.9. The maximum absolute atomic E-state index is 13.9. The van der Waals surface area contributed by atoms with Crippen LogP contribution in [0.25, 0.3) is 11.0 Å². The van der Waals surface area contributed by atoms with Crippen LogP contribution < -0.4 is 11.0 Å². The van der Waals surface area contributed by atoms with Crippen LogP contribution >= 0.6 is 11.6 Å². The molecule has 8 heteroatoms. The van der Waals surface area contributed by atoms with Gasteiger partial charge in [-0.05, 0) is 44.3 Å². The molecular formula is C18H18ClFN4O2. The van der Waals surface area contributed by atoms with E-state index in [1.165, 1.54) is 6.07 Å². The summed E-state index contributed by atoms with van der Waals surface area (Å²) in [7, 11) is 1.72. The number of hydrogen-bond donors (Lipinski definition) is 3. The van der Waals surface area contributed by atoms with Gasteiger partial charge in [-0.15, -0.1) is 0 Å². The van der Waals surface area contributed by atoms with E-state index in [-0.39, 0.29) is 18.1 Å². The second-order valence-electron chi connectivity index (χ2n) is 6.12. The van der Waals surface area contributed by atoms with Gasteiger partial charge in [0.15, 0.2) is 0 Å². The first-order valence-electron chi connectivity index (χ1n) is 8.01. The molecule has 3 aromatic rings. The van der Waals surface area contributed by atoms with Gasteiger partial charge in [-0.25, -0.2) is 9.18 Å². The van der Waals surface area contributed by atoms with Crippen LogP contribution in [0.4, 0.5) is 10.1 Å². The van der Waals surface area contributed by atoms with E-state index in [2.05, 4.69) is 15.3 Å².